The maximum absolute atomic E-state index is 10.4. The molecule has 0 radical (unpaired) electrons. The minimum absolute atomic E-state index is 0.0862. The quantitative estimate of drug-likeness (QED) is 0.345. The van der Waals surface area contributed by atoms with Gasteiger partial charge >= 0.3 is 5.97 Å². The van der Waals surface area contributed by atoms with Crippen molar-refractivity contribution >= 4 is 11.7 Å². The van der Waals surface area contributed by atoms with Gasteiger partial charge in [0.25, 0.3) is 0 Å². The Hall–Kier alpha value is -1.12. The molecule has 0 spiro atoms. The fraction of sp³-hybridized carbons (Fsp3) is 0.333. The lowest BCUT2D eigenvalue weighted by Gasteiger charge is -1.96. The molecule has 1 N–H and O–H groups in total. The average Bonchev–Trinajstić information content (AvgIpc) is 1.82. The Morgan fingerprint density at radius 1 is 1.89 bits per heavy atom. The minimum atomic E-state index is -0.588. The molecule has 3 nitrogen and oxygen atoms in total. The first-order chi connectivity index (χ1) is 4.18. The molecule has 0 unspecified atom stereocenters. The first-order valence-electron chi connectivity index (χ1n) is 2.51. The average molecular weight is 127 g/mol. The van der Waals surface area contributed by atoms with Crippen LogP contribution < -0.4 is 0 Å². The summed E-state index contributed by atoms with van der Waals surface area (Å²) in [6.07, 6.45) is 1.46. The lowest BCUT2D eigenvalue weighted by molar-refractivity contribution is -0.134. The number of ether oxygens (including phenoxy) is 1. The highest BCUT2D eigenvalue weighted by atomic mass is 16.5. The molecule has 0 saturated carbocycles. The van der Waals surface area contributed by atoms with Crippen molar-refractivity contribution in [2.75, 3.05) is 6.61 Å². The Balaban J connectivity index is 3.51. The summed E-state index contributed by atoms with van der Waals surface area (Å²) in [5.41, 5.74) is -0.0862. The Morgan fingerprint density at radius 2 is 2.44 bits per heavy atom. The van der Waals surface area contributed by atoms with Gasteiger partial charge in [0.05, 0.1) is 0 Å². The molecule has 0 bridgehead atoms. The van der Waals surface area contributed by atoms with Crippen LogP contribution in [0.15, 0.2) is 12.7 Å². The highest BCUT2D eigenvalue weighted by Crippen LogP contribution is 1.79. The highest BCUT2D eigenvalue weighted by Gasteiger charge is 2.01. The molecule has 0 aromatic carbocycles. The monoisotopic (exact) mass is 127 g/mol. The summed E-state index contributed by atoms with van der Waals surface area (Å²) in [5.74, 6) is -0.588. The SMILES string of the molecule is C=CCOC(=O)C(C)=N. The molecule has 0 heterocycles. The van der Waals surface area contributed by atoms with E-state index < -0.39 is 5.97 Å². The van der Waals surface area contributed by atoms with Crippen molar-refractivity contribution in [2.24, 2.45) is 0 Å². The van der Waals surface area contributed by atoms with Gasteiger partial charge in [-0.1, -0.05) is 12.7 Å². The molecular formula is C6H9NO2. The number of carbonyl (C=O) groups is 1. The van der Waals surface area contributed by atoms with Crippen LogP contribution in [0.5, 0.6) is 0 Å². The van der Waals surface area contributed by atoms with E-state index in [1.165, 1.54) is 13.0 Å². The Labute approximate surface area is 53.8 Å². The number of hydrogen-bond acceptors (Lipinski definition) is 3. The molecule has 9 heavy (non-hydrogen) atoms. The lowest BCUT2D eigenvalue weighted by Crippen LogP contribution is -2.12. The summed E-state index contributed by atoms with van der Waals surface area (Å²) >= 11 is 0. The second-order valence-electron chi connectivity index (χ2n) is 1.51. The molecule has 0 saturated heterocycles. The van der Waals surface area contributed by atoms with Crippen molar-refractivity contribution in [2.45, 2.75) is 6.92 Å². The first-order valence-corrected chi connectivity index (χ1v) is 2.51. The van der Waals surface area contributed by atoms with Gasteiger partial charge in [0.15, 0.2) is 0 Å². The number of esters is 1. The van der Waals surface area contributed by atoms with Crippen LogP contribution in [-0.4, -0.2) is 18.3 Å². The zero-order valence-corrected chi connectivity index (χ0v) is 5.31. The topological polar surface area (TPSA) is 50.2 Å². The first kappa shape index (κ1) is 7.88. The van der Waals surface area contributed by atoms with Gasteiger partial charge in [0.2, 0.25) is 0 Å². The zero-order chi connectivity index (χ0) is 7.28. The molecular weight excluding hydrogens is 118 g/mol. The van der Waals surface area contributed by atoms with Crippen molar-refractivity contribution in [1.29, 1.82) is 5.41 Å². The molecule has 0 aromatic heterocycles. The molecule has 0 aliphatic heterocycles. The van der Waals surface area contributed by atoms with Gasteiger partial charge in [-0.3, -0.25) is 5.41 Å². The van der Waals surface area contributed by atoms with Crippen LogP contribution in [0.25, 0.3) is 0 Å². The minimum Gasteiger partial charge on any atom is -0.457 e. The van der Waals surface area contributed by atoms with Gasteiger partial charge < -0.3 is 4.74 Å². The van der Waals surface area contributed by atoms with Gasteiger partial charge in [-0.15, -0.1) is 0 Å². The number of nitrogens with one attached hydrogen (secondary N) is 1. The molecule has 0 amide bonds. The van der Waals surface area contributed by atoms with Crippen molar-refractivity contribution < 1.29 is 9.53 Å². The lowest BCUT2D eigenvalue weighted by atomic mass is 10.4. The smallest absolute Gasteiger partial charge is 0.351 e. The molecule has 0 aliphatic rings. The molecule has 50 valence electrons. The molecule has 0 aromatic rings. The van der Waals surface area contributed by atoms with Crippen LogP contribution in [0.1, 0.15) is 6.92 Å². The van der Waals surface area contributed by atoms with Crippen LogP contribution in [0.2, 0.25) is 0 Å². The predicted octanol–water partition coefficient (Wildman–Crippen LogP) is 0.755. The van der Waals surface area contributed by atoms with Crippen molar-refractivity contribution in [3.63, 3.8) is 0 Å². The number of carbonyl (C=O) groups excluding carboxylic acids is 1. The summed E-state index contributed by atoms with van der Waals surface area (Å²) in [6, 6.07) is 0. The summed E-state index contributed by atoms with van der Waals surface area (Å²) in [5, 5.41) is 6.77. The molecule has 3 heteroatoms. The normalized spacial score (nSPS) is 8.11. The van der Waals surface area contributed by atoms with Crippen molar-refractivity contribution in [1.82, 2.24) is 0 Å². The molecule has 0 fully saturated rings. The summed E-state index contributed by atoms with van der Waals surface area (Å²) in [4.78, 5) is 10.4. The Morgan fingerprint density at radius 3 is 2.78 bits per heavy atom. The fourth-order valence-electron chi connectivity index (χ4n) is 0.243. The van der Waals surface area contributed by atoms with Crippen molar-refractivity contribution in [3.05, 3.63) is 12.7 Å². The van der Waals surface area contributed by atoms with Crippen LogP contribution in [0.3, 0.4) is 0 Å². The van der Waals surface area contributed by atoms with E-state index in [1.807, 2.05) is 0 Å². The van der Waals surface area contributed by atoms with Gasteiger partial charge in [-0.05, 0) is 6.92 Å². The second-order valence-corrected chi connectivity index (χ2v) is 1.51. The van der Waals surface area contributed by atoms with Gasteiger partial charge in [-0.2, -0.15) is 0 Å². The van der Waals surface area contributed by atoms with Gasteiger partial charge in [0.1, 0.15) is 12.3 Å². The zero-order valence-electron chi connectivity index (χ0n) is 5.31. The Bertz CT molecular complexity index is 140. The molecule has 0 aliphatic carbocycles. The highest BCUT2D eigenvalue weighted by molar-refractivity contribution is 6.33. The van der Waals surface area contributed by atoms with Gasteiger partial charge in [-0.25, -0.2) is 4.79 Å². The number of rotatable bonds is 3. The molecule has 0 atom stereocenters. The standard InChI is InChI=1S/C6H9NO2/c1-3-4-9-6(8)5(2)7/h3,7H,1,4H2,2H3. The van der Waals surface area contributed by atoms with E-state index in [0.29, 0.717) is 0 Å². The van der Waals surface area contributed by atoms with Crippen LogP contribution in [0.4, 0.5) is 0 Å². The third-order valence-electron chi connectivity index (χ3n) is 0.638. The van der Waals surface area contributed by atoms with E-state index in [1.54, 1.807) is 0 Å². The third-order valence-corrected chi connectivity index (χ3v) is 0.638. The van der Waals surface area contributed by atoms with E-state index >= 15 is 0 Å². The van der Waals surface area contributed by atoms with Crippen LogP contribution in [0, 0.1) is 5.41 Å². The van der Waals surface area contributed by atoms with E-state index in [9.17, 15) is 4.79 Å². The largest absolute Gasteiger partial charge is 0.457 e. The van der Waals surface area contributed by atoms with Crippen LogP contribution >= 0.6 is 0 Å². The van der Waals surface area contributed by atoms with E-state index in [-0.39, 0.29) is 12.3 Å². The number of hydrogen-bond donors (Lipinski definition) is 1. The van der Waals surface area contributed by atoms with Gasteiger partial charge in [0, 0.05) is 0 Å². The Kier molecular flexibility index (Phi) is 3.35. The fourth-order valence-corrected chi connectivity index (χ4v) is 0.243. The summed E-state index contributed by atoms with van der Waals surface area (Å²) in [7, 11) is 0. The maximum atomic E-state index is 10.4. The maximum Gasteiger partial charge on any atom is 0.351 e. The van der Waals surface area contributed by atoms with Crippen LogP contribution in [-0.2, 0) is 9.53 Å². The summed E-state index contributed by atoms with van der Waals surface area (Å²) in [6.45, 7) is 4.90. The van der Waals surface area contributed by atoms with Crippen molar-refractivity contribution in [3.8, 4) is 0 Å². The van der Waals surface area contributed by atoms with E-state index in [2.05, 4.69) is 11.3 Å². The van der Waals surface area contributed by atoms with E-state index in [4.69, 9.17) is 5.41 Å². The molecule has 0 rings (SSSR count). The second kappa shape index (κ2) is 3.83. The third kappa shape index (κ3) is 3.46. The predicted molar refractivity (Wildman–Crippen MR) is 34.6 cm³/mol. The summed E-state index contributed by atoms with van der Waals surface area (Å²) < 4.78 is 4.47. The van der Waals surface area contributed by atoms with E-state index in [0.717, 1.165) is 0 Å².